The lowest BCUT2D eigenvalue weighted by Crippen LogP contribution is -2.13. The van der Waals surface area contributed by atoms with Gasteiger partial charge in [-0.25, -0.2) is 0 Å². The summed E-state index contributed by atoms with van der Waals surface area (Å²) in [6.45, 7) is 3.48. The Bertz CT molecular complexity index is 832. The first-order valence-corrected chi connectivity index (χ1v) is 8.17. The average Bonchev–Trinajstić information content (AvgIpc) is 3.21. The summed E-state index contributed by atoms with van der Waals surface area (Å²) in [5.74, 6) is -0.242. The van der Waals surface area contributed by atoms with Gasteiger partial charge in [-0.15, -0.1) is 0 Å². The molecule has 1 N–H and O–H groups in total. The monoisotopic (exact) mass is 425 g/mol. The number of carbonyl (C=O) groups excluding carboxylic acids is 1. The van der Waals surface area contributed by atoms with Crippen LogP contribution in [0, 0.1) is 3.57 Å². The highest BCUT2D eigenvalue weighted by molar-refractivity contribution is 14.1. The van der Waals surface area contributed by atoms with E-state index in [1.807, 2.05) is 24.0 Å². The molecule has 3 heterocycles. The van der Waals surface area contributed by atoms with Crippen molar-refractivity contribution in [2.24, 2.45) is 7.05 Å². The predicted molar refractivity (Wildman–Crippen MR) is 93.1 cm³/mol. The molecule has 3 aromatic rings. The van der Waals surface area contributed by atoms with Crippen LogP contribution in [0.5, 0.6) is 0 Å². The smallest absolute Gasteiger partial charge is 0.277 e. The van der Waals surface area contributed by atoms with E-state index in [4.69, 9.17) is 0 Å². The third-order valence-corrected chi connectivity index (χ3v) is 4.04. The Kier molecular flexibility index (Phi) is 4.46. The van der Waals surface area contributed by atoms with Crippen LogP contribution in [0.15, 0.2) is 31.0 Å². The molecule has 0 saturated heterocycles. The van der Waals surface area contributed by atoms with Crippen LogP contribution in [0.3, 0.4) is 0 Å². The Morgan fingerprint density at radius 2 is 2.00 bits per heavy atom. The average molecular weight is 425 g/mol. The number of nitrogens with one attached hydrogen (secondary N) is 1. The topological polar surface area (TPSA) is 82.6 Å². The molecular formula is C14H16IN7O. The summed E-state index contributed by atoms with van der Waals surface area (Å²) < 4.78 is 6.05. The predicted octanol–water partition coefficient (Wildman–Crippen LogP) is 1.74. The first-order chi connectivity index (χ1) is 11.0. The Morgan fingerprint density at radius 3 is 2.65 bits per heavy atom. The Labute approximate surface area is 146 Å². The maximum absolute atomic E-state index is 12.2. The number of aryl methyl sites for hydroxylation is 2. The van der Waals surface area contributed by atoms with Gasteiger partial charge in [0.25, 0.3) is 5.91 Å². The van der Waals surface area contributed by atoms with Gasteiger partial charge in [-0.05, 0) is 29.5 Å². The van der Waals surface area contributed by atoms with Crippen molar-refractivity contribution in [2.75, 3.05) is 5.32 Å². The molecule has 3 rings (SSSR count). The largest absolute Gasteiger partial charge is 0.318 e. The van der Waals surface area contributed by atoms with E-state index < -0.39 is 0 Å². The zero-order chi connectivity index (χ0) is 16.4. The second-order valence-electron chi connectivity index (χ2n) is 5.08. The molecule has 0 spiro atoms. The van der Waals surface area contributed by atoms with E-state index in [-0.39, 0.29) is 5.91 Å². The summed E-state index contributed by atoms with van der Waals surface area (Å²) in [6.07, 6.45) is 9.01. The Balaban J connectivity index is 1.67. The SMILES string of the molecule is CCn1cc(Cn2cc(NC(=O)c3nn(C)cc3I)cn2)cn1. The quantitative estimate of drug-likeness (QED) is 0.632. The van der Waals surface area contributed by atoms with E-state index in [1.54, 1.807) is 35.0 Å². The lowest BCUT2D eigenvalue weighted by Gasteiger charge is -2.00. The third-order valence-electron chi connectivity index (χ3n) is 3.25. The Hall–Kier alpha value is -2.17. The van der Waals surface area contributed by atoms with E-state index in [0.29, 0.717) is 17.9 Å². The van der Waals surface area contributed by atoms with Crippen molar-refractivity contribution in [3.8, 4) is 0 Å². The second-order valence-corrected chi connectivity index (χ2v) is 6.25. The Morgan fingerprint density at radius 1 is 1.22 bits per heavy atom. The number of hydrogen-bond donors (Lipinski definition) is 1. The van der Waals surface area contributed by atoms with Crippen molar-refractivity contribution in [1.82, 2.24) is 29.3 Å². The van der Waals surface area contributed by atoms with Gasteiger partial charge < -0.3 is 5.32 Å². The molecule has 0 atom stereocenters. The van der Waals surface area contributed by atoms with E-state index in [2.05, 4.69) is 43.2 Å². The molecule has 0 aromatic carbocycles. The van der Waals surface area contributed by atoms with Crippen LogP contribution in [0.4, 0.5) is 5.69 Å². The highest BCUT2D eigenvalue weighted by Gasteiger charge is 2.15. The highest BCUT2D eigenvalue weighted by Crippen LogP contribution is 2.13. The molecule has 3 aromatic heterocycles. The van der Waals surface area contributed by atoms with Gasteiger partial charge in [0, 0.05) is 37.7 Å². The fourth-order valence-corrected chi connectivity index (χ4v) is 2.92. The van der Waals surface area contributed by atoms with Crippen molar-refractivity contribution in [3.05, 3.63) is 45.8 Å². The van der Waals surface area contributed by atoms with Gasteiger partial charge in [0.15, 0.2) is 5.69 Å². The number of nitrogens with zero attached hydrogens (tertiary/aromatic N) is 6. The summed E-state index contributed by atoms with van der Waals surface area (Å²) >= 11 is 2.09. The minimum Gasteiger partial charge on any atom is -0.318 e. The maximum Gasteiger partial charge on any atom is 0.277 e. The van der Waals surface area contributed by atoms with Gasteiger partial charge in [-0.2, -0.15) is 15.3 Å². The molecule has 0 radical (unpaired) electrons. The van der Waals surface area contributed by atoms with Crippen molar-refractivity contribution < 1.29 is 4.79 Å². The number of amides is 1. The van der Waals surface area contributed by atoms with Crippen LogP contribution in [0.2, 0.25) is 0 Å². The first-order valence-electron chi connectivity index (χ1n) is 7.09. The van der Waals surface area contributed by atoms with Gasteiger partial charge in [0.2, 0.25) is 0 Å². The zero-order valence-corrected chi connectivity index (χ0v) is 14.9. The molecular weight excluding hydrogens is 409 g/mol. The number of halogens is 1. The molecule has 1 amide bonds. The second kappa shape index (κ2) is 6.52. The number of aromatic nitrogens is 6. The van der Waals surface area contributed by atoms with Crippen LogP contribution in [-0.2, 0) is 20.1 Å². The molecule has 0 aliphatic heterocycles. The molecule has 0 aliphatic carbocycles. The van der Waals surface area contributed by atoms with Crippen LogP contribution >= 0.6 is 22.6 Å². The van der Waals surface area contributed by atoms with Crippen LogP contribution in [0.25, 0.3) is 0 Å². The molecule has 8 nitrogen and oxygen atoms in total. The molecule has 0 aliphatic rings. The molecule has 9 heteroatoms. The molecule has 0 saturated carbocycles. The van der Waals surface area contributed by atoms with Crippen molar-refractivity contribution in [3.63, 3.8) is 0 Å². The molecule has 23 heavy (non-hydrogen) atoms. The lowest BCUT2D eigenvalue weighted by molar-refractivity contribution is 0.102. The van der Waals surface area contributed by atoms with Gasteiger partial charge >= 0.3 is 0 Å². The minimum atomic E-state index is -0.242. The first kappa shape index (κ1) is 15.7. The molecule has 0 fully saturated rings. The van der Waals surface area contributed by atoms with E-state index >= 15 is 0 Å². The standard InChI is InChI=1S/C14H16IN7O/c1-3-21-6-10(4-16-21)7-22-8-11(5-17-22)18-14(23)13-12(15)9-20(2)19-13/h4-6,8-9H,3,7H2,1-2H3,(H,18,23). The van der Waals surface area contributed by atoms with Crippen molar-refractivity contribution in [2.45, 2.75) is 20.0 Å². The fraction of sp³-hybridized carbons (Fsp3) is 0.286. The molecule has 0 bridgehead atoms. The zero-order valence-electron chi connectivity index (χ0n) is 12.8. The van der Waals surface area contributed by atoms with Gasteiger partial charge in [-0.1, -0.05) is 0 Å². The molecule has 0 unspecified atom stereocenters. The van der Waals surface area contributed by atoms with Crippen molar-refractivity contribution >= 4 is 34.2 Å². The minimum absolute atomic E-state index is 0.242. The van der Waals surface area contributed by atoms with E-state index in [9.17, 15) is 4.79 Å². The fourth-order valence-electron chi connectivity index (χ4n) is 2.17. The normalized spacial score (nSPS) is 10.9. The van der Waals surface area contributed by atoms with Gasteiger partial charge in [-0.3, -0.25) is 18.8 Å². The summed E-state index contributed by atoms with van der Waals surface area (Å²) in [7, 11) is 1.79. The van der Waals surface area contributed by atoms with Crippen LogP contribution < -0.4 is 5.32 Å². The number of anilines is 1. The maximum atomic E-state index is 12.2. The summed E-state index contributed by atoms with van der Waals surface area (Å²) in [6, 6.07) is 0. The van der Waals surface area contributed by atoms with E-state index in [0.717, 1.165) is 15.7 Å². The third kappa shape index (κ3) is 3.60. The van der Waals surface area contributed by atoms with E-state index in [1.165, 1.54) is 0 Å². The van der Waals surface area contributed by atoms with Crippen LogP contribution in [0.1, 0.15) is 23.0 Å². The summed E-state index contributed by atoms with van der Waals surface area (Å²) in [5.41, 5.74) is 2.11. The number of carbonyl (C=O) groups is 1. The summed E-state index contributed by atoms with van der Waals surface area (Å²) in [5, 5.41) is 15.5. The molecule has 120 valence electrons. The number of hydrogen-bond acceptors (Lipinski definition) is 4. The number of rotatable bonds is 5. The summed E-state index contributed by atoms with van der Waals surface area (Å²) in [4.78, 5) is 12.2. The van der Waals surface area contributed by atoms with Gasteiger partial charge in [0.05, 0.1) is 28.2 Å². The lowest BCUT2D eigenvalue weighted by atomic mass is 10.3. The highest BCUT2D eigenvalue weighted by atomic mass is 127. The van der Waals surface area contributed by atoms with Crippen molar-refractivity contribution in [1.29, 1.82) is 0 Å². The van der Waals surface area contributed by atoms with Gasteiger partial charge in [0.1, 0.15) is 0 Å². The van der Waals surface area contributed by atoms with Crippen LogP contribution in [-0.4, -0.2) is 35.2 Å².